The lowest BCUT2D eigenvalue weighted by Gasteiger charge is -2.12. The molecule has 0 saturated carbocycles. The highest BCUT2D eigenvalue weighted by atomic mass is 16.1. The van der Waals surface area contributed by atoms with E-state index in [1.807, 2.05) is 55.7 Å². The molecule has 0 radical (unpaired) electrons. The predicted octanol–water partition coefficient (Wildman–Crippen LogP) is 1.60. The van der Waals surface area contributed by atoms with Crippen LogP contribution in [0.2, 0.25) is 0 Å². The van der Waals surface area contributed by atoms with Gasteiger partial charge in [-0.2, -0.15) is 0 Å². The topological polar surface area (TPSA) is 70.4 Å². The molecule has 0 atom stereocenters. The average molecular weight is 327 g/mol. The number of amides is 1. The summed E-state index contributed by atoms with van der Waals surface area (Å²) in [6.45, 7) is 4.87. The van der Waals surface area contributed by atoms with E-state index in [4.69, 9.17) is 0 Å². The maximum absolute atomic E-state index is 11.7. The van der Waals surface area contributed by atoms with Crippen molar-refractivity contribution in [3.05, 3.63) is 59.9 Å². The Morgan fingerprint density at radius 1 is 1.08 bits per heavy atom. The third kappa shape index (κ3) is 5.46. The van der Waals surface area contributed by atoms with Crippen LogP contribution in [-0.2, 0) is 13.1 Å². The van der Waals surface area contributed by atoms with Crippen LogP contribution in [0.25, 0.3) is 0 Å². The Morgan fingerprint density at radius 3 is 2.42 bits per heavy atom. The normalized spacial score (nSPS) is 11.2. The van der Waals surface area contributed by atoms with Gasteiger partial charge in [0.2, 0.25) is 0 Å². The summed E-state index contributed by atoms with van der Waals surface area (Å²) in [5, 5.41) is 9.34. The van der Waals surface area contributed by atoms with Crippen LogP contribution in [-0.4, -0.2) is 36.6 Å². The van der Waals surface area contributed by atoms with E-state index in [2.05, 4.69) is 25.5 Å². The van der Waals surface area contributed by atoms with Crippen molar-refractivity contribution in [2.24, 2.45) is 4.99 Å². The predicted molar refractivity (Wildman–Crippen MR) is 97.1 cm³/mol. The first-order chi connectivity index (χ1) is 11.7. The summed E-state index contributed by atoms with van der Waals surface area (Å²) in [7, 11) is 1.75. The zero-order valence-corrected chi connectivity index (χ0v) is 14.2. The van der Waals surface area contributed by atoms with Gasteiger partial charge >= 0.3 is 0 Å². The molecule has 3 N–H and O–H groups in total. The number of carbonyl (C=O) groups is 1. The molecule has 6 nitrogen and oxygen atoms in total. The Morgan fingerprint density at radius 2 is 1.79 bits per heavy atom. The van der Waals surface area contributed by atoms with Crippen LogP contribution in [0.1, 0.15) is 22.8 Å². The van der Waals surface area contributed by atoms with E-state index in [0.717, 1.165) is 24.6 Å². The van der Waals surface area contributed by atoms with Gasteiger partial charge < -0.3 is 20.5 Å². The van der Waals surface area contributed by atoms with Crippen molar-refractivity contribution in [2.45, 2.75) is 20.0 Å². The second-order valence-corrected chi connectivity index (χ2v) is 5.33. The van der Waals surface area contributed by atoms with Gasteiger partial charge in [0.1, 0.15) is 0 Å². The van der Waals surface area contributed by atoms with Crippen LogP contribution in [0.4, 0.5) is 0 Å². The van der Waals surface area contributed by atoms with Gasteiger partial charge in [0.15, 0.2) is 5.96 Å². The standard InChI is InChI=1S/C18H25N5O/c1-3-20-17(24)16-8-6-15(7-9-16)14-22-18(19-2)21-10-13-23-11-4-5-12-23/h4-9,11-12H,3,10,13-14H2,1-2H3,(H,20,24)(H2,19,21,22). The molecule has 2 rings (SSSR count). The summed E-state index contributed by atoms with van der Waals surface area (Å²) in [5.41, 5.74) is 1.77. The van der Waals surface area contributed by atoms with Gasteiger partial charge in [0, 0.05) is 51.2 Å². The van der Waals surface area contributed by atoms with E-state index >= 15 is 0 Å². The van der Waals surface area contributed by atoms with E-state index in [1.165, 1.54) is 0 Å². The molecule has 0 bridgehead atoms. The number of rotatable bonds is 7. The Kier molecular flexibility index (Phi) is 6.89. The number of guanidine groups is 1. The lowest BCUT2D eigenvalue weighted by Crippen LogP contribution is -2.38. The molecule has 2 aromatic rings. The van der Waals surface area contributed by atoms with Crippen molar-refractivity contribution < 1.29 is 4.79 Å². The number of carbonyl (C=O) groups excluding carboxylic acids is 1. The van der Waals surface area contributed by atoms with Gasteiger partial charge in [-0.3, -0.25) is 9.79 Å². The fourth-order valence-corrected chi connectivity index (χ4v) is 2.27. The minimum atomic E-state index is -0.0421. The van der Waals surface area contributed by atoms with Crippen LogP contribution in [0, 0.1) is 0 Å². The highest BCUT2D eigenvalue weighted by molar-refractivity contribution is 5.94. The van der Waals surface area contributed by atoms with Crippen molar-refractivity contribution in [3.8, 4) is 0 Å². The van der Waals surface area contributed by atoms with Crippen LogP contribution in [0.5, 0.6) is 0 Å². The zero-order valence-electron chi connectivity index (χ0n) is 14.2. The Labute approximate surface area is 143 Å². The fourth-order valence-electron chi connectivity index (χ4n) is 2.27. The van der Waals surface area contributed by atoms with Gasteiger partial charge in [-0.25, -0.2) is 0 Å². The maximum Gasteiger partial charge on any atom is 0.251 e. The summed E-state index contributed by atoms with van der Waals surface area (Å²) in [5.74, 6) is 0.717. The van der Waals surface area contributed by atoms with Crippen LogP contribution >= 0.6 is 0 Å². The van der Waals surface area contributed by atoms with E-state index in [9.17, 15) is 4.79 Å². The van der Waals surface area contributed by atoms with E-state index in [1.54, 1.807) is 7.05 Å². The molecule has 24 heavy (non-hydrogen) atoms. The van der Waals surface area contributed by atoms with Crippen molar-refractivity contribution in [3.63, 3.8) is 0 Å². The molecule has 1 aromatic heterocycles. The summed E-state index contributed by atoms with van der Waals surface area (Å²) in [6, 6.07) is 11.6. The molecule has 128 valence electrons. The van der Waals surface area contributed by atoms with Gasteiger partial charge in [0.05, 0.1) is 0 Å². The second-order valence-electron chi connectivity index (χ2n) is 5.33. The molecule has 6 heteroatoms. The minimum absolute atomic E-state index is 0.0421. The molecular weight excluding hydrogens is 302 g/mol. The number of benzene rings is 1. The zero-order chi connectivity index (χ0) is 17.2. The van der Waals surface area contributed by atoms with E-state index in [-0.39, 0.29) is 5.91 Å². The number of nitrogens with one attached hydrogen (secondary N) is 3. The molecule has 1 amide bonds. The molecule has 0 spiro atoms. The molecule has 1 aromatic carbocycles. The Hall–Kier alpha value is -2.76. The molecule has 0 fully saturated rings. The third-order valence-corrected chi connectivity index (χ3v) is 3.57. The monoisotopic (exact) mass is 327 g/mol. The molecule has 0 aliphatic heterocycles. The van der Waals surface area contributed by atoms with E-state index < -0.39 is 0 Å². The van der Waals surface area contributed by atoms with Crippen LogP contribution in [0.15, 0.2) is 53.8 Å². The van der Waals surface area contributed by atoms with Gasteiger partial charge in [-0.05, 0) is 36.8 Å². The van der Waals surface area contributed by atoms with Crippen LogP contribution in [0.3, 0.4) is 0 Å². The first-order valence-electron chi connectivity index (χ1n) is 8.15. The second kappa shape index (κ2) is 9.39. The minimum Gasteiger partial charge on any atom is -0.355 e. The first kappa shape index (κ1) is 17.6. The Balaban J connectivity index is 1.77. The first-order valence-corrected chi connectivity index (χ1v) is 8.15. The molecule has 1 heterocycles. The van der Waals surface area contributed by atoms with Gasteiger partial charge in [-0.1, -0.05) is 12.1 Å². The summed E-state index contributed by atoms with van der Waals surface area (Å²) < 4.78 is 2.11. The van der Waals surface area contributed by atoms with Gasteiger partial charge in [-0.15, -0.1) is 0 Å². The van der Waals surface area contributed by atoms with Crippen molar-refractivity contribution in [1.82, 2.24) is 20.5 Å². The SMILES string of the molecule is CCNC(=O)c1ccc(CNC(=NC)NCCn2cccc2)cc1. The third-order valence-electron chi connectivity index (χ3n) is 3.57. The molecule has 0 unspecified atom stereocenters. The van der Waals surface area contributed by atoms with Crippen molar-refractivity contribution >= 4 is 11.9 Å². The summed E-state index contributed by atoms with van der Waals surface area (Å²) in [4.78, 5) is 15.9. The lowest BCUT2D eigenvalue weighted by molar-refractivity contribution is 0.0956. The largest absolute Gasteiger partial charge is 0.355 e. The number of aromatic nitrogens is 1. The van der Waals surface area contributed by atoms with Crippen molar-refractivity contribution in [2.75, 3.05) is 20.1 Å². The quantitative estimate of drug-likeness (QED) is 0.534. The highest BCUT2D eigenvalue weighted by Crippen LogP contribution is 2.04. The number of nitrogens with zero attached hydrogens (tertiary/aromatic N) is 2. The van der Waals surface area contributed by atoms with Gasteiger partial charge in [0.25, 0.3) is 5.91 Å². The highest BCUT2D eigenvalue weighted by Gasteiger charge is 2.04. The van der Waals surface area contributed by atoms with Crippen molar-refractivity contribution in [1.29, 1.82) is 0 Å². The van der Waals surface area contributed by atoms with Crippen LogP contribution < -0.4 is 16.0 Å². The molecular formula is C18H25N5O. The summed E-state index contributed by atoms with van der Waals surface area (Å²) in [6.07, 6.45) is 4.07. The van der Waals surface area contributed by atoms with E-state index in [0.29, 0.717) is 18.7 Å². The average Bonchev–Trinajstić information content (AvgIpc) is 3.12. The number of aliphatic imine (C=N–C) groups is 1. The number of hydrogen-bond donors (Lipinski definition) is 3. The summed E-state index contributed by atoms with van der Waals surface area (Å²) >= 11 is 0. The lowest BCUT2D eigenvalue weighted by atomic mass is 10.1. The molecule has 0 saturated heterocycles. The molecule has 0 aliphatic rings. The molecule has 0 aliphatic carbocycles. The maximum atomic E-state index is 11.7. The smallest absolute Gasteiger partial charge is 0.251 e. The number of hydrogen-bond acceptors (Lipinski definition) is 2. The fraction of sp³-hybridized carbons (Fsp3) is 0.333. The Bertz CT molecular complexity index is 647.